The third kappa shape index (κ3) is 2.59. The van der Waals surface area contributed by atoms with Gasteiger partial charge >= 0.3 is 0 Å². The van der Waals surface area contributed by atoms with Crippen LogP contribution in [-0.4, -0.2) is 15.2 Å². The second-order valence-electron chi connectivity index (χ2n) is 5.24. The van der Waals surface area contributed by atoms with E-state index in [4.69, 9.17) is 9.15 Å². The monoisotopic (exact) mass is 316 g/mol. The molecule has 24 heavy (non-hydrogen) atoms. The van der Waals surface area contributed by atoms with Gasteiger partial charge in [0, 0.05) is 35.1 Å². The maximum Gasteiger partial charge on any atom is 0.136 e. The molecular weight excluding hydrogens is 304 g/mol. The predicted molar refractivity (Wildman–Crippen MR) is 87.1 cm³/mol. The molecule has 0 amide bonds. The van der Waals surface area contributed by atoms with Crippen LogP contribution in [0.1, 0.15) is 11.1 Å². The molecule has 0 atom stereocenters. The van der Waals surface area contributed by atoms with Crippen molar-refractivity contribution >= 4 is 11.0 Å². The van der Waals surface area contributed by atoms with Gasteiger partial charge in [0.05, 0.1) is 11.8 Å². The van der Waals surface area contributed by atoms with E-state index >= 15 is 0 Å². The second kappa shape index (κ2) is 5.89. The highest BCUT2D eigenvalue weighted by atomic mass is 16.5. The SMILES string of the molecule is N#Cc1cnccc1-c1cc2cc(OCc3cn[nH]c3)ccc2o1. The summed E-state index contributed by atoms with van der Waals surface area (Å²) in [6.45, 7) is 0.440. The van der Waals surface area contributed by atoms with E-state index in [2.05, 4.69) is 21.3 Å². The van der Waals surface area contributed by atoms with E-state index in [1.165, 1.54) is 6.20 Å². The fourth-order valence-corrected chi connectivity index (χ4v) is 2.47. The molecule has 116 valence electrons. The average molecular weight is 316 g/mol. The molecule has 0 aliphatic rings. The molecule has 0 aliphatic carbocycles. The molecule has 0 spiro atoms. The molecule has 0 aliphatic heterocycles. The first kappa shape index (κ1) is 14.0. The first-order valence-corrected chi connectivity index (χ1v) is 7.32. The molecular formula is C18H12N4O2. The topological polar surface area (TPSA) is 87.7 Å². The van der Waals surface area contributed by atoms with E-state index in [1.807, 2.05) is 24.3 Å². The molecule has 0 fully saturated rings. The van der Waals surface area contributed by atoms with Crippen LogP contribution in [0.5, 0.6) is 5.75 Å². The Hall–Kier alpha value is -3.59. The first-order chi connectivity index (χ1) is 11.8. The summed E-state index contributed by atoms with van der Waals surface area (Å²) in [5.74, 6) is 1.38. The van der Waals surface area contributed by atoms with Gasteiger partial charge in [-0.3, -0.25) is 10.1 Å². The molecule has 0 saturated carbocycles. The van der Waals surface area contributed by atoms with Crippen LogP contribution in [-0.2, 0) is 6.61 Å². The fraction of sp³-hybridized carbons (Fsp3) is 0.0556. The van der Waals surface area contributed by atoms with Gasteiger partial charge in [-0.1, -0.05) is 0 Å². The van der Waals surface area contributed by atoms with E-state index in [0.717, 1.165) is 27.8 Å². The Labute approximate surface area is 137 Å². The fourth-order valence-electron chi connectivity index (χ4n) is 2.47. The molecule has 1 N–H and O–H groups in total. The zero-order valence-corrected chi connectivity index (χ0v) is 12.6. The minimum atomic E-state index is 0.440. The summed E-state index contributed by atoms with van der Waals surface area (Å²) in [6.07, 6.45) is 6.69. The highest BCUT2D eigenvalue weighted by Crippen LogP contribution is 2.31. The number of aromatic nitrogens is 3. The number of nitrogens with one attached hydrogen (secondary N) is 1. The number of furan rings is 1. The zero-order valence-electron chi connectivity index (χ0n) is 12.6. The Bertz CT molecular complexity index is 1030. The number of rotatable bonds is 4. The van der Waals surface area contributed by atoms with Crippen LogP contribution >= 0.6 is 0 Å². The lowest BCUT2D eigenvalue weighted by Gasteiger charge is -2.03. The number of fused-ring (bicyclic) bond motifs is 1. The molecule has 4 aromatic rings. The van der Waals surface area contributed by atoms with Gasteiger partial charge in [-0.25, -0.2) is 0 Å². The van der Waals surface area contributed by atoms with Crippen LogP contribution in [0.3, 0.4) is 0 Å². The van der Waals surface area contributed by atoms with Crippen molar-refractivity contribution in [3.8, 4) is 23.1 Å². The molecule has 0 unspecified atom stereocenters. The van der Waals surface area contributed by atoms with E-state index in [1.54, 1.807) is 24.7 Å². The number of nitrogens with zero attached hydrogens (tertiary/aromatic N) is 3. The normalized spacial score (nSPS) is 10.6. The third-order valence-corrected chi connectivity index (χ3v) is 3.66. The van der Waals surface area contributed by atoms with Gasteiger partial charge in [0.25, 0.3) is 0 Å². The van der Waals surface area contributed by atoms with E-state index in [9.17, 15) is 5.26 Å². The maximum absolute atomic E-state index is 9.20. The Morgan fingerprint density at radius 3 is 3.00 bits per heavy atom. The summed E-state index contributed by atoms with van der Waals surface area (Å²) in [5.41, 5.74) is 2.91. The van der Waals surface area contributed by atoms with E-state index in [-0.39, 0.29) is 0 Å². The summed E-state index contributed by atoms with van der Waals surface area (Å²) in [6, 6.07) is 11.4. The zero-order chi connectivity index (χ0) is 16.4. The van der Waals surface area contributed by atoms with Gasteiger partial charge in [-0.05, 0) is 30.3 Å². The Kier molecular flexibility index (Phi) is 3.45. The highest BCUT2D eigenvalue weighted by Gasteiger charge is 2.11. The van der Waals surface area contributed by atoms with Crippen molar-refractivity contribution in [1.29, 1.82) is 5.26 Å². The molecule has 4 rings (SSSR count). The van der Waals surface area contributed by atoms with Gasteiger partial charge in [0.2, 0.25) is 0 Å². The van der Waals surface area contributed by atoms with Crippen LogP contribution in [0, 0.1) is 11.3 Å². The standard InChI is InChI=1S/C18H12N4O2/c19-7-14-10-20-4-3-16(14)18-6-13-5-15(1-2-17(13)24-18)23-11-12-8-21-22-9-12/h1-6,8-10H,11H2,(H,21,22). The van der Waals surface area contributed by atoms with Crippen LogP contribution < -0.4 is 4.74 Å². The number of pyridine rings is 1. The molecule has 3 heterocycles. The van der Waals surface area contributed by atoms with Crippen LogP contribution in [0.25, 0.3) is 22.3 Å². The largest absolute Gasteiger partial charge is 0.489 e. The number of hydrogen-bond donors (Lipinski definition) is 1. The lowest BCUT2D eigenvalue weighted by Crippen LogP contribution is -1.93. The quantitative estimate of drug-likeness (QED) is 0.620. The minimum Gasteiger partial charge on any atom is -0.489 e. The summed E-state index contributed by atoms with van der Waals surface area (Å²) in [5, 5.41) is 16.7. The summed E-state index contributed by atoms with van der Waals surface area (Å²) >= 11 is 0. The van der Waals surface area contributed by atoms with Crippen molar-refractivity contribution in [3.05, 3.63) is 66.2 Å². The number of ether oxygens (including phenoxy) is 1. The van der Waals surface area contributed by atoms with Crippen molar-refractivity contribution < 1.29 is 9.15 Å². The third-order valence-electron chi connectivity index (χ3n) is 3.66. The molecule has 0 saturated heterocycles. The van der Waals surface area contributed by atoms with Crippen molar-refractivity contribution in [2.75, 3.05) is 0 Å². The lowest BCUT2D eigenvalue weighted by atomic mass is 10.1. The van der Waals surface area contributed by atoms with Gasteiger partial charge < -0.3 is 9.15 Å². The number of nitriles is 1. The summed E-state index contributed by atoms with van der Waals surface area (Å²) in [7, 11) is 0. The Morgan fingerprint density at radius 2 is 2.17 bits per heavy atom. The van der Waals surface area contributed by atoms with Gasteiger partial charge in [0.15, 0.2) is 0 Å². The van der Waals surface area contributed by atoms with Crippen LogP contribution in [0.4, 0.5) is 0 Å². The highest BCUT2D eigenvalue weighted by molar-refractivity contribution is 5.85. The number of benzene rings is 1. The predicted octanol–water partition coefficient (Wildman–Crippen LogP) is 3.67. The number of aromatic amines is 1. The van der Waals surface area contributed by atoms with Crippen molar-refractivity contribution in [2.45, 2.75) is 6.61 Å². The van der Waals surface area contributed by atoms with E-state index < -0.39 is 0 Å². The van der Waals surface area contributed by atoms with Crippen molar-refractivity contribution in [1.82, 2.24) is 15.2 Å². The van der Waals surface area contributed by atoms with Crippen molar-refractivity contribution in [3.63, 3.8) is 0 Å². The Morgan fingerprint density at radius 1 is 1.21 bits per heavy atom. The average Bonchev–Trinajstić information content (AvgIpc) is 3.28. The molecule has 6 nitrogen and oxygen atoms in total. The van der Waals surface area contributed by atoms with Gasteiger partial charge in [-0.2, -0.15) is 10.4 Å². The molecule has 0 bridgehead atoms. The summed E-state index contributed by atoms with van der Waals surface area (Å²) in [4.78, 5) is 3.97. The van der Waals surface area contributed by atoms with Gasteiger partial charge in [0.1, 0.15) is 29.8 Å². The molecule has 1 aromatic carbocycles. The molecule has 3 aromatic heterocycles. The number of hydrogen-bond acceptors (Lipinski definition) is 5. The van der Waals surface area contributed by atoms with Crippen LogP contribution in [0.2, 0.25) is 0 Å². The lowest BCUT2D eigenvalue weighted by molar-refractivity contribution is 0.306. The van der Waals surface area contributed by atoms with E-state index in [0.29, 0.717) is 17.9 Å². The molecule has 0 radical (unpaired) electrons. The second-order valence-corrected chi connectivity index (χ2v) is 5.24. The smallest absolute Gasteiger partial charge is 0.136 e. The maximum atomic E-state index is 9.20. The summed E-state index contributed by atoms with van der Waals surface area (Å²) < 4.78 is 11.6. The van der Waals surface area contributed by atoms with Crippen molar-refractivity contribution in [2.24, 2.45) is 0 Å². The number of H-pyrrole nitrogens is 1. The Balaban J connectivity index is 1.65. The first-order valence-electron chi connectivity index (χ1n) is 7.32. The minimum absolute atomic E-state index is 0.440. The molecule has 6 heteroatoms. The van der Waals surface area contributed by atoms with Gasteiger partial charge in [-0.15, -0.1) is 0 Å². The van der Waals surface area contributed by atoms with Crippen LogP contribution in [0.15, 0.2) is 59.5 Å².